The van der Waals surface area contributed by atoms with Gasteiger partial charge in [-0.25, -0.2) is 4.79 Å². The number of aryl methyl sites for hydroxylation is 1. The van der Waals surface area contributed by atoms with Gasteiger partial charge in [0.15, 0.2) is 6.10 Å². The monoisotopic (exact) mass is 279 g/mol. The Balaban J connectivity index is 2.90. The van der Waals surface area contributed by atoms with Crippen molar-refractivity contribution in [3.05, 3.63) is 29.3 Å². The number of rotatable bonds is 8. The Labute approximate surface area is 121 Å². The molecule has 0 saturated carbocycles. The maximum atomic E-state index is 11.9. The zero-order valence-corrected chi connectivity index (χ0v) is 12.9. The predicted molar refractivity (Wildman–Crippen MR) is 79.9 cm³/mol. The Kier molecular flexibility index (Phi) is 7.09. The fourth-order valence-corrected chi connectivity index (χ4v) is 1.96. The number of hydrogen-bond donors (Lipinski definition) is 1. The lowest BCUT2D eigenvalue weighted by Crippen LogP contribution is -2.29. The molecule has 0 aliphatic rings. The summed E-state index contributed by atoms with van der Waals surface area (Å²) in [6.07, 6.45) is 0.0461. The van der Waals surface area contributed by atoms with Crippen molar-refractivity contribution in [2.24, 2.45) is 0 Å². The molecule has 0 radical (unpaired) electrons. The number of ether oxygens (including phenoxy) is 2. The first-order chi connectivity index (χ1) is 9.63. The number of benzene rings is 1. The highest BCUT2D eigenvalue weighted by molar-refractivity contribution is 5.75. The second-order valence-electron chi connectivity index (χ2n) is 4.61. The average molecular weight is 279 g/mol. The molecule has 0 aliphatic carbocycles. The highest BCUT2D eigenvalue weighted by atomic mass is 16.6. The van der Waals surface area contributed by atoms with E-state index in [1.165, 1.54) is 0 Å². The molecule has 0 aromatic heterocycles. The van der Waals surface area contributed by atoms with Crippen LogP contribution in [0, 0.1) is 6.92 Å². The number of carbonyl (C=O) groups is 1. The van der Waals surface area contributed by atoms with Crippen molar-refractivity contribution in [3.8, 4) is 5.75 Å². The van der Waals surface area contributed by atoms with E-state index in [0.717, 1.165) is 30.0 Å². The molecule has 1 unspecified atom stereocenters. The minimum Gasteiger partial charge on any atom is -0.478 e. The van der Waals surface area contributed by atoms with Gasteiger partial charge in [-0.3, -0.25) is 0 Å². The lowest BCUT2D eigenvalue weighted by molar-refractivity contribution is -0.151. The number of carbonyl (C=O) groups excluding carboxylic acids is 1. The summed E-state index contributed by atoms with van der Waals surface area (Å²) in [6, 6.07) is 6.01. The van der Waals surface area contributed by atoms with Gasteiger partial charge in [0.25, 0.3) is 0 Å². The summed E-state index contributed by atoms with van der Waals surface area (Å²) in [5.74, 6) is 0.487. The minimum atomic E-state index is -0.545. The van der Waals surface area contributed by atoms with Crippen molar-refractivity contribution in [1.82, 2.24) is 5.32 Å². The molecule has 0 amide bonds. The Morgan fingerprint density at radius 2 is 2.05 bits per heavy atom. The van der Waals surface area contributed by atoms with Crippen LogP contribution in [-0.4, -0.2) is 25.2 Å². The molecule has 112 valence electrons. The van der Waals surface area contributed by atoms with Gasteiger partial charge in [0, 0.05) is 12.1 Å². The van der Waals surface area contributed by atoms with Crippen LogP contribution in [0.3, 0.4) is 0 Å². The quantitative estimate of drug-likeness (QED) is 0.743. The van der Waals surface area contributed by atoms with Crippen molar-refractivity contribution in [1.29, 1.82) is 0 Å². The van der Waals surface area contributed by atoms with Crippen LogP contribution in [0.5, 0.6) is 5.75 Å². The van der Waals surface area contributed by atoms with Crippen LogP contribution in [0.1, 0.15) is 38.3 Å². The van der Waals surface area contributed by atoms with Crippen LogP contribution < -0.4 is 10.1 Å². The third kappa shape index (κ3) is 4.53. The summed E-state index contributed by atoms with van der Waals surface area (Å²) >= 11 is 0. The Morgan fingerprint density at radius 3 is 2.65 bits per heavy atom. The van der Waals surface area contributed by atoms with Crippen LogP contribution in [0.15, 0.2) is 18.2 Å². The van der Waals surface area contributed by atoms with Crippen LogP contribution in [-0.2, 0) is 16.1 Å². The number of nitrogens with one attached hydrogen (secondary N) is 1. The lowest BCUT2D eigenvalue weighted by atomic mass is 10.1. The molecule has 1 aromatic rings. The molecule has 1 atom stereocenters. The third-order valence-electron chi connectivity index (χ3n) is 3.04. The maximum absolute atomic E-state index is 11.9. The molecule has 1 aromatic carbocycles. The van der Waals surface area contributed by atoms with Gasteiger partial charge in [-0.2, -0.15) is 0 Å². The van der Waals surface area contributed by atoms with Gasteiger partial charge in [0.1, 0.15) is 5.75 Å². The molecule has 0 fully saturated rings. The maximum Gasteiger partial charge on any atom is 0.347 e. The molecule has 0 spiro atoms. The van der Waals surface area contributed by atoms with Crippen LogP contribution in [0.25, 0.3) is 0 Å². The first-order valence-corrected chi connectivity index (χ1v) is 7.26. The van der Waals surface area contributed by atoms with Gasteiger partial charge in [-0.05, 0) is 32.4 Å². The van der Waals surface area contributed by atoms with E-state index in [2.05, 4.69) is 12.2 Å². The molecular weight excluding hydrogens is 254 g/mol. The molecule has 4 nitrogen and oxygen atoms in total. The molecule has 1 rings (SSSR count). The summed E-state index contributed by atoms with van der Waals surface area (Å²) in [6.45, 7) is 9.76. The molecule has 0 aliphatic heterocycles. The second kappa shape index (κ2) is 8.59. The molecule has 1 N–H and O–H groups in total. The molecule has 4 heteroatoms. The van der Waals surface area contributed by atoms with Gasteiger partial charge in [-0.15, -0.1) is 0 Å². The van der Waals surface area contributed by atoms with E-state index >= 15 is 0 Å². The zero-order valence-electron chi connectivity index (χ0n) is 12.9. The predicted octanol–water partition coefficient (Wildman–Crippen LogP) is 2.83. The largest absolute Gasteiger partial charge is 0.478 e. The summed E-state index contributed by atoms with van der Waals surface area (Å²) in [4.78, 5) is 11.9. The van der Waals surface area contributed by atoms with Crippen LogP contribution >= 0.6 is 0 Å². The van der Waals surface area contributed by atoms with Crippen molar-refractivity contribution in [2.45, 2.75) is 46.8 Å². The van der Waals surface area contributed by atoms with Crippen molar-refractivity contribution in [3.63, 3.8) is 0 Å². The third-order valence-corrected chi connectivity index (χ3v) is 3.04. The summed E-state index contributed by atoms with van der Waals surface area (Å²) in [5.41, 5.74) is 2.10. The number of esters is 1. The van der Waals surface area contributed by atoms with Crippen LogP contribution in [0.4, 0.5) is 0 Å². The zero-order chi connectivity index (χ0) is 15.0. The first-order valence-electron chi connectivity index (χ1n) is 7.26. The SMILES string of the molecule is CCNCc1cccc(C)c1OC(CC)C(=O)OCC. The molecule has 20 heavy (non-hydrogen) atoms. The van der Waals surface area contributed by atoms with E-state index in [1.54, 1.807) is 6.92 Å². The molecule has 0 heterocycles. The summed E-state index contributed by atoms with van der Waals surface area (Å²) in [7, 11) is 0. The van der Waals surface area contributed by atoms with Gasteiger partial charge >= 0.3 is 5.97 Å². The van der Waals surface area contributed by atoms with E-state index in [0.29, 0.717) is 13.0 Å². The summed E-state index contributed by atoms with van der Waals surface area (Å²) < 4.78 is 11.0. The Morgan fingerprint density at radius 1 is 1.30 bits per heavy atom. The fourth-order valence-electron chi connectivity index (χ4n) is 1.96. The van der Waals surface area contributed by atoms with Crippen molar-refractivity contribution in [2.75, 3.05) is 13.2 Å². The fraction of sp³-hybridized carbons (Fsp3) is 0.562. The van der Waals surface area contributed by atoms with Crippen molar-refractivity contribution >= 4 is 5.97 Å². The first kappa shape index (κ1) is 16.5. The molecule has 0 saturated heterocycles. The van der Waals surface area contributed by atoms with E-state index in [-0.39, 0.29) is 5.97 Å². The van der Waals surface area contributed by atoms with E-state index in [9.17, 15) is 4.79 Å². The molecule has 0 bridgehead atoms. The van der Waals surface area contributed by atoms with Crippen molar-refractivity contribution < 1.29 is 14.3 Å². The highest BCUT2D eigenvalue weighted by Gasteiger charge is 2.21. The topological polar surface area (TPSA) is 47.6 Å². The van der Waals surface area contributed by atoms with Gasteiger partial charge in [0.2, 0.25) is 0 Å². The van der Waals surface area contributed by atoms with Gasteiger partial charge in [-0.1, -0.05) is 32.0 Å². The van der Waals surface area contributed by atoms with Crippen LogP contribution in [0.2, 0.25) is 0 Å². The van der Waals surface area contributed by atoms with E-state index in [1.807, 2.05) is 32.0 Å². The van der Waals surface area contributed by atoms with Gasteiger partial charge in [0.05, 0.1) is 6.61 Å². The van der Waals surface area contributed by atoms with E-state index < -0.39 is 6.10 Å². The molecular formula is C16H25NO3. The Hall–Kier alpha value is -1.55. The lowest BCUT2D eigenvalue weighted by Gasteiger charge is -2.20. The second-order valence-corrected chi connectivity index (χ2v) is 4.61. The number of para-hydroxylation sites is 1. The smallest absolute Gasteiger partial charge is 0.347 e. The van der Waals surface area contributed by atoms with E-state index in [4.69, 9.17) is 9.47 Å². The highest BCUT2D eigenvalue weighted by Crippen LogP contribution is 2.25. The standard InChI is InChI=1S/C16H25NO3/c1-5-14(16(18)19-7-3)20-15-12(4)9-8-10-13(15)11-17-6-2/h8-10,14,17H,5-7,11H2,1-4H3. The average Bonchev–Trinajstić information content (AvgIpc) is 2.44. The van der Waals surface area contributed by atoms with Gasteiger partial charge < -0.3 is 14.8 Å². The number of hydrogen-bond acceptors (Lipinski definition) is 4. The minimum absolute atomic E-state index is 0.298. The Bertz CT molecular complexity index is 432. The summed E-state index contributed by atoms with van der Waals surface area (Å²) in [5, 5.41) is 3.28. The normalized spacial score (nSPS) is 12.0.